The Morgan fingerprint density at radius 3 is 1.77 bits per heavy atom. The minimum absolute atomic E-state index is 0.0904. The van der Waals surface area contributed by atoms with E-state index in [9.17, 15) is 0 Å². The first-order chi connectivity index (χ1) is 28.0. The molecule has 1 aromatic heterocycles. The highest BCUT2D eigenvalue weighted by molar-refractivity contribution is 7.25. The molecule has 0 amide bonds. The van der Waals surface area contributed by atoms with Gasteiger partial charge < -0.3 is 4.90 Å². The van der Waals surface area contributed by atoms with Gasteiger partial charge in [-0.1, -0.05) is 166 Å². The highest BCUT2D eigenvalue weighted by Crippen LogP contribution is 2.55. The van der Waals surface area contributed by atoms with Crippen LogP contribution in [0.25, 0.3) is 86.6 Å². The minimum atomic E-state index is -0.0904. The third-order valence-corrected chi connectivity index (χ3v) is 13.7. The molecule has 0 fully saturated rings. The first-order valence-corrected chi connectivity index (χ1v) is 20.7. The molecule has 0 aliphatic heterocycles. The lowest BCUT2D eigenvalue weighted by atomic mass is 9.82. The number of hydrogen-bond acceptors (Lipinski definition) is 2. The Bertz CT molecular complexity index is 3230. The highest BCUT2D eigenvalue weighted by atomic mass is 32.1. The minimum Gasteiger partial charge on any atom is -0.310 e. The highest BCUT2D eigenvalue weighted by Gasteiger charge is 2.37. The van der Waals surface area contributed by atoms with Crippen molar-refractivity contribution in [2.24, 2.45) is 0 Å². The molecule has 0 radical (unpaired) electrons. The van der Waals surface area contributed by atoms with E-state index in [4.69, 9.17) is 0 Å². The van der Waals surface area contributed by atoms with Crippen LogP contribution in [0.3, 0.4) is 0 Å². The van der Waals surface area contributed by atoms with Crippen LogP contribution in [0.5, 0.6) is 0 Å². The summed E-state index contributed by atoms with van der Waals surface area (Å²) >= 11 is 1.89. The van der Waals surface area contributed by atoms with Crippen LogP contribution in [0, 0.1) is 0 Å². The Hall–Kier alpha value is -6.74. The van der Waals surface area contributed by atoms with Crippen LogP contribution in [0.4, 0.5) is 17.1 Å². The zero-order chi connectivity index (χ0) is 37.8. The summed E-state index contributed by atoms with van der Waals surface area (Å²) in [6.45, 7) is 4.72. The van der Waals surface area contributed by atoms with Crippen LogP contribution in [0.1, 0.15) is 25.0 Å². The van der Waals surface area contributed by atoms with Crippen LogP contribution in [0.2, 0.25) is 0 Å². The maximum Gasteiger partial charge on any atom is 0.0543 e. The van der Waals surface area contributed by atoms with Gasteiger partial charge in [0, 0.05) is 42.5 Å². The molecule has 2 aliphatic rings. The molecule has 9 aromatic carbocycles. The van der Waals surface area contributed by atoms with Gasteiger partial charge >= 0.3 is 0 Å². The number of hydrogen-bond donors (Lipinski definition) is 0. The normalized spacial score (nSPS) is 13.2. The van der Waals surface area contributed by atoms with Crippen molar-refractivity contribution in [1.82, 2.24) is 0 Å². The molecule has 0 atom stereocenters. The van der Waals surface area contributed by atoms with Crippen LogP contribution in [-0.2, 0) is 5.41 Å². The molecule has 1 heterocycles. The van der Waals surface area contributed by atoms with Crippen LogP contribution >= 0.6 is 11.3 Å². The van der Waals surface area contributed by atoms with Gasteiger partial charge in [0.2, 0.25) is 0 Å². The maximum atomic E-state index is 2.48. The number of benzene rings is 9. The van der Waals surface area contributed by atoms with Crippen molar-refractivity contribution in [3.63, 3.8) is 0 Å². The standard InChI is InChI=1S/C55H37NS/c1-55(2)48-19-9-8-16-47(48)54-49(55)20-11-21-50(54)56(37-25-22-35(23-26-37)34-12-4-3-5-13-34)38-27-29-43-42-28-24-36(32-51(42)57-52(43)33-38)39-30-31-46-41-15-7-6-14-40(41)45-18-10-17-44(39)53(45)46/h3-33H,1-2H3. The van der Waals surface area contributed by atoms with Crippen molar-refractivity contribution in [2.45, 2.75) is 19.3 Å². The number of fused-ring (bicyclic) bond motifs is 9. The molecule has 1 nitrogen and oxygen atoms in total. The second kappa shape index (κ2) is 12.1. The lowest BCUT2D eigenvalue weighted by molar-refractivity contribution is 0.660. The number of nitrogens with zero attached hydrogens (tertiary/aromatic N) is 1. The average molecular weight is 744 g/mol. The maximum absolute atomic E-state index is 2.48. The van der Waals surface area contributed by atoms with Gasteiger partial charge in [-0.3, -0.25) is 0 Å². The largest absolute Gasteiger partial charge is 0.310 e. The van der Waals surface area contributed by atoms with Gasteiger partial charge in [-0.15, -0.1) is 11.3 Å². The molecule has 268 valence electrons. The summed E-state index contributed by atoms with van der Waals surface area (Å²) in [6.07, 6.45) is 0. The summed E-state index contributed by atoms with van der Waals surface area (Å²) in [5.74, 6) is 0. The van der Waals surface area contributed by atoms with Gasteiger partial charge in [0.25, 0.3) is 0 Å². The van der Waals surface area contributed by atoms with Crippen LogP contribution in [-0.4, -0.2) is 0 Å². The molecule has 2 aliphatic carbocycles. The van der Waals surface area contributed by atoms with Crippen molar-refractivity contribution in [3.8, 4) is 55.6 Å². The van der Waals surface area contributed by atoms with E-state index in [1.165, 1.54) is 103 Å². The fourth-order valence-electron chi connectivity index (χ4n) is 9.91. The number of anilines is 3. The third-order valence-electron chi connectivity index (χ3n) is 12.6. The SMILES string of the molecule is CC1(C)c2ccccc2-c2c(N(c3ccc(-c4ccccc4)cc3)c3ccc4c(c3)sc3cc(-c5ccc6c7c(cccc57)-c5ccccc5-6)ccc34)cccc21. The molecule has 0 saturated carbocycles. The van der Waals surface area contributed by atoms with E-state index in [1.54, 1.807) is 0 Å². The second-order valence-corrected chi connectivity index (χ2v) is 17.1. The molecule has 10 aromatic rings. The summed E-state index contributed by atoms with van der Waals surface area (Å²) in [5, 5.41) is 5.29. The Kier molecular flexibility index (Phi) is 6.91. The van der Waals surface area contributed by atoms with Gasteiger partial charge in [-0.2, -0.15) is 0 Å². The summed E-state index contributed by atoms with van der Waals surface area (Å²) in [6, 6.07) is 70.0. The van der Waals surface area contributed by atoms with Crippen molar-refractivity contribution in [3.05, 3.63) is 199 Å². The monoisotopic (exact) mass is 743 g/mol. The van der Waals surface area contributed by atoms with E-state index < -0.39 is 0 Å². The van der Waals surface area contributed by atoms with Gasteiger partial charge in [-0.05, 0) is 108 Å². The average Bonchev–Trinajstić information content (AvgIpc) is 3.87. The fourth-order valence-corrected chi connectivity index (χ4v) is 11.1. The third kappa shape index (κ3) is 4.75. The van der Waals surface area contributed by atoms with E-state index in [-0.39, 0.29) is 5.41 Å². The molecule has 0 N–H and O–H groups in total. The lowest BCUT2D eigenvalue weighted by Crippen LogP contribution is -2.16. The zero-order valence-corrected chi connectivity index (χ0v) is 32.6. The first-order valence-electron chi connectivity index (χ1n) is 19.8. The molecule has 57 heavy (non-hydrogen) atoms. The quantitative estimate of drug-likeness (QED) is 0.170. The molecular formula is C55H37NS. The molecule has 0 unspecified atom stereocenters. The molecule has 2 heteroatoms. The van der Waals surface area contributed by atoms with Gasteiger partial charge in [0.05, 0.1) is 5.69 Å². The van der Waals surface area contributed by atoms with E-state index >= 15 is 0 Å². The smallest absolute Gasteiger partial charge is 0.0543 e. The predicted octanol–water partition coefficient (Wildman–Crippen LogP) is 16.0. The Labute approximate surface area is 336 Å². The molecule has 0 spiro atoms. The molecule has 0 saturated heterocycles. The molecular weight excluding hydrogens is 707 g/mol. The van der Waals surface area contributed by atoms with E-state index in [0.717, 1.165) is 11.4 Å². The van der Waals surface area contributed by atoms with Crippen LogP contribution < -0.4 is 4.90 Å². The van der Waals surface area contributed by atoms with Crippen molar-refractivity contribution < 1.29 is 0 Å². The van der Waals surface area contributed by atoms with E-state index in [1.807, 2.05) is 11.3 Å². The summed E-state index contributed by atoms with van der Waals surface area (Å²) in [5.41, 5.74) is 19.1. The lowest BCUT2D eigenvalue weighted by Gasteiger charge is -2.29. The topological polar surface area (TPSA) is 3.24 Å². The predicted molar refractivity (Wildman–Crippen MR) is 244 cm³/mol. The number of rotatable bonds is 5. The Morgan fingerprint density at radius 1 is 0.386 bits per heavy atom. The Balaban J connectivity index is 1.01. The summed E-state index contributed by atoms with van der Waals surface area (Å²) in [4.78, 5) is 2.48. The van der Waals surface area contributed by atoms with Crippen molar-refractivity contribution in [2.75, 3.05) is 4.90 Å². The van der Waals surface area contributed by atoms with Crippen molar-refractivity contribution in [1.29, 1.82) is 0 Å². The number of thiophene rings is 1. The van der Waals surface area contributed by atoms with Gasteiger partial charge in [-0.25, -0.2) is 0 Å². The summed E-state index contributed by atoms with van der Waals surface area (Å²) in [7, 11) is 0. The van der Waals surface area contributed by atoms with E-state index in [2.05, 4.69) is 207 Å². The molecule has 12 rings (SSSR count). The Morgan fingerprint density at radius 2 is 0.965 bits per heavy atom. The van der Waals surface area contributed by atoms with Gasteiger partial charge in [0.15, 0.2) is 0 Å². The molecule has 0 bridgehead atoms. The van der Waals surface area contributed by atoms with Crippen molar-refractivity contribution >= 4 is 59.3 Å². The summed E-state index contributed by atoms with van der Waals surface area (Å²) < 4.78 is 2.59. The second-order valence-electron chi connectivity index (χ2n) is 16.0. The zero-order valence-electron chi connectivity index (χ0n) is 31.8. The van der Waals surface area contributed by atoms with E-state index in [0.29, 0.717) is 0 Å². The van der Waals surface area contributed by atoms with Crippen LogP contribution in [0.15, 0.2) is 188 Å². The first kappa shape index (κ1) is 32.5. The van der Waals surface area contributed by atoms with Gasteiger partial charge in [0.1, 0.15) is 0 Å². The fraction of sp³-hybridized carbons (Fsp3) is 0.0545.